The van der Waals surface area contributed by atoms with Crippen LogP contribution in [-0.2, 0) is 11.8 Å². The number of nitrogens with zero attached hydrogens (tertiary/aromatic N) is 2. The Labute approximate surface area is 159 Å². The van der Waals surface area contributed by atoms with E-state index in [0.717, 1.165) is 5.56 Å². The van der Waals surface area contributed by atoms with Gasteiger partial charge in [-0.3, -0.25) is 4.79 Å². The Balaban J connectivity index is 1.72. The molecule has 1 heterocycles. The highest BCUT2D eigenvalue weighted by Gasteiger charge is 2.21. The van der Waals surface area contributed by atoms with Crippen molar-refractivity contribution >= 4 is 21.8 Å². The third-order valence-electron chi connectivity index (χ3n) is 3.81. The van der Waals surface area contributed by atoms with Crippen molar-refractivity contribution in [2.45, 2.75) is 6.04 Å². The van der Waals surface area contributed by atoms with Crippen LogP contribution in [0.5, 0.6) is 5.75 Å². The van der Waals surface area contributed by atoms with E-state index in [-0.39, 0.29) is 18.3 Å². The van der Waals surface area contributed by atoms with E-state index >= 15 is 0 Å². The fourth-order valence-electron chi connectivity index (χ4n) is 2.54. The summed E-state index contributed by atoms with van der Waals surface area (Å²) < 4.78 is 21.6. The molecule has 1 amide bonds. The Hall–Kier alpha value is -2.67. The van der Waals surface area contributed by atoms with Crippen LogP contribution in [-0.4, -0.2) is 22.1 Å². The second-order valence-electron chi connectivity index (χ2n) is 5.67. The molecule has 1 N–H and O–H groups in total. The van der Waals surface area contributed by atoms with Crippen molar-refractivity contribution in [1.29, 1.82) is 0 Å². The molecule has 0 bridgehead atoms. The average molecular weight is 418 g/mol. The van der Waals surface area contributed by atoms with Crippen molar-refractivity contribution in [1.82, 2.24) is 14.9 Å². The first-order valence-corrected chi connectivity index (χ1v) is 8.73. The second kappa shape index (κ2) is 8.14. The summed E-state index contributed by atoms with van der Waals surface area (Å²) in [4.78, 5) is 16.7. The molecule has 1 aromatic heterocycles. The molecule has 0 radical (unpaired) electrons. The van der Waals surface area contributed by atoms with Crippen LogP contribution in [0.15, 0.2) is 65.4 Å². The van der Waals surface area contributed by atoms with Gasteiger partial charge in [0.05, 0.1) is 0 Å². The topological polar surface area (TPSA) is 56.2 Å². The minimum atomic E-state index is -0.532. The molecule has 7 heteroatoms. The maximum atomic E-state index is 13.8. The maximum Gasteiger partial charge on any atom is 0.258 e. The molecule has 3 rings (SSSR count). The highest BCUT2D eigenvalue weighted by atomic mass is 79.9. The van der Waals surface area contributed by atoms with Crippen molar-refractivity contribution < 1.29 is 13.9 Å². The maximum absolute atomic E-state index is 13.8. The number of carbonyl (C=O) groups is 1. The normalized spacial score (nSPS) is 11.8. The Morgan fingerprint density at radius 2 is 2.08 bits per heavy atom. The number of amides is 1. The van der Waals surface area contributed by atoms with E-state index < -0.39 is 11.9 Å². The highest BCUT2D eigenvalue weighted by Crippen LogP contribution is 2.22. The summed E-state index contributed by atoms with van der Waals surface area (Å²) in [7, 11) is 1.86. The summed E-state index contributed by atoms with van der Waals surface area (Å²) in [5.74, 6) is -0.184. The lowest BCUT2D eigenvalue weighted by Gasteiger charge is -2.19. The van der Waals surface area contributed by atoms with E-state index in [0.29, 0.717) is 10.3 Å². The zero-order valence-corrected chi connectivity index (χ0v) is 15.6. The zero-order valence-electron chi connectivity index (χ0n) is 14.0. The number of rotatable bonds is 6. The van der Waals surface area contributed by atoms with Crippen molar-refractivity contribution in [2.24, 2.45) is 7.05 Å². The van der Waals surface area contributed by atoms with Gasteiger partial charge in [0.25, 0.3) is 5.91 Å². The number of hydrogen-bond acceptors (Lipinski definition) is 3. The van der Waals surface area contributed by atoms with E-state index in [1.54, 1.807) is 12.3 Å². The van der Waals surface area contributed by atoms with Gasteiger partial charge < -0.3 is 14.6 Å². The van der Waals surface area contributed by atoms with Gasteiger partial charge >= 0.3 is 0 Å². The van der Waals surface area contributed by atoms with E-state index in [1.807, 2.05) is 48.1 Å². The first-order chi connectivity index (χ1) is 12.5. The fourth-order valence-corrected chi connectivity index (χ4v) is 2.87. The molecule has 0 saturated heterocycles. The molecule has 0 aliphatic rings. The number of hydrogen-bond donors (Lipinski definition) is 1. The average Bonchev–Trinajstić information content (AvgIpc) is 3.05. The molecule has 0 saturated carbocycles. The standard InChI is InChI=1S/C19H17BrFN3O2/c1-24-10-9-22-19(24)18(13-5-3-2-4-6-13)23-17(25)12-26-16-8-7-14(20)11-15(16)21/h2-11,18H,12H2,1H3,(H,23,25). The number of nitrogens with one attached hydrogen (secondary N) is 1. The second-order valence-corrected chi connectivity index (χ2v) is 6.59. The Kier molecular flexibility index (Phi) is 5.68. The van der Waals surface area contributed by atoms with Crippen LogP contribution in [0.3, 0.4) is 0 Å². The molecule has 134 valence electrons. The SMILES string of the molecule is Cn1ccnc1C(NC(=O)COc1ccc(Br)cc1F)c1ccccc1. The van der Waals surface area contributed by atoms with Crippen LogP contribution in [0.25, 0.3) is 0 Å². The number of aryl methyl sites for hydroxylation is 1. The third-order valence-corrected chi connectivity index (χ3v) is 4.30. The van der Waals surface area contributed by atoms with Gasteiger partial charge in [0.15, 0.2) is 18.2 Å². The van der Waals surface area contributed by atoms with Crippen LogP contribution in [0, 0.1) is 5.82 Å². The Morgan fingerprint density at radius 1 is 1.31 bits per heavy atom. The lowest BCUT2D eigenvalue weighted by Crippen LogP contribution is -2.34. The summed E-state index contributed by atoms with van der Waals surface area (Å²) in [6.45, 7) is -0.299. The van der Waals surface area contributed by atoms with Gasteiger partial charge in [-0.2, -0.15) is 0 Å². The van der Waals surface area contributed by atoms with Crippen LogP contribution >= 0.6 is 15.9 Å². The summed E-state index contributed by atoms with van der Waals surface area (Å²) in [6.07, 6.45) is 3.48. The number of halogens is 2. The van der Waals surface area contributed by atoms with Gasteiger partial charge in [0, 0.05) is 23.9 Å². The molecule has 0 fully saturated rings. The van der Waals surface area contributed by atoms with Gasteiger partial charge in [-0.25, -0.2) is 9.37 Å². The molecule has 2 aromatic carbocycles. The summed E-state index contributed by atoms with van der Waals surface area (Å²) in [6, 6.07) is 13.5. The van der Waals surface area contributed by atoms with E-state index in [1.165, 1.54) is 12.1 Å². The third kappa shape index (κ3) is 4.29. The van der Waals surface area contributed by atoms with Crippen molar-refractivity contribution in [3.05, 3.63) is 82.6 Å². The van der Waals surface area contributed by atoms with Gasteiger partial charge in [0.2, 0.25) is 0 Å². The zero-order chi connectivity index (χ0) is 18.5. The van der Waals surface area contributed by atoms with Crippen LogP contribution in [0.1, 0.15) is 17.4 Å². The minimum Gasteiger partial charge on any atom is -0.481 e. The number of aromatic nitrogens is 2. The summed E-state index contributed by atoms with van der Waals surface area (Å²) in [5, 5.41) is 2.90. The molecule has 0 spiro atoms. The van der Waals surface area contributed by atoms with Crippen LogP contribution in [0.2, 0.25) is 0 Å². The molecule has 5 nitrogen and oxygen atoms in total. The van der Waals surface area contributed by atoms with Gasteiger partial charge in [-0.15, -0.1) is 0 Å². The quantitative estimate of drug-likeness (QED) is 0.666. The van der Waals surface area contributed by atoms with Gasteiger partial charge in [-0.05, 0) is 23.8 Å². The Morgan fingerprint density at radius 3 is 2.73 bits per heavy atom. The lowest BCUT2D eigenvalue weighted by atomic mass is 10.1. The molecule has 1 unspecified atom stereocenters. The van der Waals surface area contributed by atoms with E-state index in [9.17, 15) is 9.18 Å². The van der Waals surface area contributed by atoms with E-state index in [2.05, 4.69) is 26.2 Å². The highest BCUT2D eigenvalue weighted by molar-refractivity contribution is 9.10. The predicted molar refractivity (Wildman–Crippen MR) is 99.2 cm³/mol. The first kappa shape index (κ1) is 18.1. The van der Waals surface area contributed by atoms with E-state index in [4.69, 9.17) is 4.74 Å². The van der Waals surface area contributed by atoms with Gasteiger partial charge in [-0.1, -0.05) is 46.3 Å². The first-order valence-electron chi connectivity index (χ1n) is 7.94. The molecular weight excluding hydrogens is 401 g/mol. The van der Waals surface area contributed by atoms with Crippen LogP contribution in [0.4, 0.5) is 4.39 Å². The number of imidazole rings is 1. The molecule has 1 atom stereocenters. The fraction of sp³-hybridized carbons (Fsp3) is 0.158. The van der Waals surface area contributed by atoms with Crippen LogP contribution < -0.4 is 10.1 Å². The largest absolute Gasteiger partial charge is 0.481 e. The van der Waals surface area contributed by atoms with Crippen molar-refractivity contribution in [3.8, 4) is 5.75 Å². The van der Waals surface area contributed by atoms with Crippen molar-refractivity contribution in [2.75, 3.05) is 6.61 Å². The summed E-state index contributed by atoms with van der Waals surface area (Å²) in [5.41, 5.74) is 0.893. The number of carbonyl (C=O) groups excluding carboxylic acids is 1. The summed E-state index contributed by atoms with van der Waals surface area (Å²) >= 11 is 3.18. The molecular formula is C19H17BrFN3O2. The van der Waals surface area contributed by atoms with Gasteiger partial charge in [0.1, 0.15) is 11.9 Å². The molecule has 26 heavy (non-hydrogen) atoms. The predicted octanol–water partition coefficient (Wildman–Crippen LogP) is 3.61. The lowest BCUT2D eigenvalue weighted by molar-refractivity contribution is -0.123. The minimum absolute atomic E-state index is 0.0246. The smallest absolute Gasteiger partial charge is 0.258 e. The number of ether oxygens (including phenoxy) is 1. The van der Waals surface area contributed by atoms with Crippen molar-refractivity contribution in [3.63, 3.8) is 0 Å². The molecule has 3 aromatic rings. The Bertz CT molecular complexity index is 899. The number of benzene rings is 2. The molecule has 0 aliphatic heterocycles. The monoisotopic (exact) mass is 417 g/mol. The molecule has 0 aliphatic carbocycles.